The highest BCUT2D eigenvalue weighted by molar-refractivity contribution is 6.04. The number of methoxy groups -OCH3 is 1. The molecule has 0 aliphatic heterocycles. The van der Waals surface area contributed by atoms with Gasteiger partial charge in [-0.05, 0) is 13.3 Å². The number of nitrogen functional groups attached to an aromatic ring is 1. The van der Waals surface area contributed by atoms with Crippen LogP contribution in [-0.4, -0.2) is 41.1 Å². The van der Waals surface area contributed by atoms with Gasteiger partial charge in [0.15, 0.2) is 5.65 Å². The number of pyridine rings is 1. The molecule has 7 nitrogen and oxygen atoms in total. The van der Waals surface area contributed by atoms with Crippen molar-refractivity contribution in [1.29, 1.82) is 0 Å². The lowest BCUT2D eigenvalue weighted by Gasteiger charge is -2.10. The zero-order chi connectivity index (χ0) is 16.1. The first-order chi connectivity index (χ1) is 10.6. The zero-order valence-electron chi connectivity index (χ0n) is 13.2. The number of carbonyl (C=O) groups is 1. The second-order valence-electron chi connectivity index (χ2n) is 4.82. The van der Waals surface area contributed by atoms with Gasteiger partial charge in [0.25, 0.3) is 0 Å². The number of hydrogen-bond donors (Lipinski definition) is 1. The quantitative estimate of drug-likeness (QED) is 0.471. The number of aromatic nitrogens is 3. The summed E-state index contributed by atoms with van der Waals surface area (Å²) >= 11 is 0. The fraction of sp³-hybridized carbons (Fsp3) is 0.400. The molecular weight excluding hydrogens is 320 g/mol. The van der Waals surface area contributed by atoms with E-state index in [9.17, 15) is 4.79 Å². The van der Waals surface area contributed by atoms with Gasteiger partial charge in [0, 0.05) is 20.3 Å². The number of esters is 1. The Hall–Kier alpha value is -2.12. The van der Waals surface area contributed by atoms with Gasteiger partial charge in [0.1, 0.15) is 12.2 Å². The van der Waals surface area contributed by atoms with E-state index >= 15 is 0 Å². The third kappa shape index (κ3) is 4.00. The van der Waals surface area contributed by atoms with Crippen LogP contribution >= 0.6 is 12.4 Å². The fourth-order valence-corrected chi connectivity index (χ4v) is 2.22. The van der Waals surface area contributed by atoms with E-state index in [1.807, 2.05) is 0 Å². The summed E-state index contributed by atoms with van der Waals surface area (Å²) in [6.45, 7) is 6.68. The Labute approximate surface area is 140 Å². The molecule has 2 N–H and O–H groups in total. The molecule has 126 valence electrons. The van der Waals surface area contributed by atoms with E-state index < -0.39 is 5.97 Å². The number of anilines is 1. The van der Waals surface area contributed by atoms with E-state index in [0.29, 0.717) is 35.6 Å². The highest BCUT2D eigenvalue weighted by Gasteiger charge is 2.20. The predicted molar refractivity (Wildman–Crippen MR) is 90.9 cm³/mol. The Bertz CT molecular complexity index is 700. The average molecular weight is 341 g/mol. The largest absolute Gasteiger partial charge is 0.458 e. The number of rotatable bonds is 7. The number of hydrogen-bond acceptors (Lipinski definition) is 6. The monoisotopic (exact) mass is 340 g/mol. The Balaban J connectivity index is 0.00000264. The van der Waals surface area contributed by atoms with Crippen molar-refractivity contribution >= 4 is 35.1 Å². The van der Waals surface area contributed by atoms with E-state index in [-0.39, 0.29) is 24.6 Å². The maximum absolute atomic E-state index is 12.1. The first-order valence-electron chi connectivity index (χ1n) is 6.98. The molecule has 0 fully saturated rings. The molecule has 0 saturated heterocycles. The van der Waals surface area contributed by atoms with Crippen LogP contribution in [0.3, 0.4) is 0 Å². The van der Waals surface area contributed by atoms with Crippen LogP contribution in [-0.2, 0) is 16.0 Å². The summed E-state index contributed by atoms with van der Waals surface area (Å²) in [5.41, 5.74) is 7.92. The van der Waals surface area contributed by atoms with Gasteiger partial charge < -0.3 is 15.2 Å². The average Bonchev–Trinajstić information content (AvgIpc) is 2.88. The van der Waals surface area contributed by atoms with Gasteiger partial charge >= 0.3 is 5.97 Å². The predicted octanol–water partition coefficient (Wildman–Crippen LogP) is 2.12. The smallest absolute Gasteiger partial charge is 0.342 e. The van der Waals surface area contributed by atoms with Crippen LogP contribution in [0.25, 0.3) is 11.0 Å². The maximum atomic E-state index is 12.1. The van der Waals surface area contributed by atoms with Crippen molar-refractivity contribution in [3.63, 3.8) is 0 Å². The molecule has 2 aromatic heterocycles. The molecule has 0 aromatic carbocycles. The number of aryl methyl sites for hydroxylation is 2. The van der Waals surface area contributed by atoms with Crippen LogP contribution in [0.5, 0.6) is 0 Å². The first-order valence-corrected chi connectivity index (χ1v) is 6.98. The van der Waals surface area contributed by atoms with Crippen molar-refractivity contribution in [2.75, 3.05) is 26.1 Å². The lowest BCUT2D eigenvalue weighted by atomic mass is 10.1. The lowest BCUT2D eigenvalue weighted by molar-refractivity contribution is 0.0550. The molecule has 2 aromatic rings. The number of halogens is 1. The Morgan fingerprint density at radius 1 is 1.52 bits per heavy atom. The van der Waals surface area contributed by atoms with E-state index in [1.54, 1.807) is 24.9 Å². The number of ether oxygens (including phenoxy) is 2. The van der Waals surface area contributed by atoms with E-state index in [0.717, 1.165) is 6.42 Å². The van der Waals surface area contributed by atoms with Gasteiger partial charge in [-0.25, -0.2) is 14.5 Å². The zero-order valence-corrected chi connectivity index (χ0v) is 14.1. The second-order valence-corrected chi connectivity index (χ2v) is 4.82. The van der Waals surface area contributed by atoms with Gasteiger partial charge in [-0.2, -0.15) is 5.10 Å². The summed E-state index contributed by atoms with van der Waals surface area (Å²) < 4.78 is 11.8. The molecule has 23 heavy (non-hydrogen) atoms. The van der Waals surface area contributed by atoms with Crippen molar-refractivity contribution in [1.82, 2.24) is 14.8 Å². The molecule has 0 atom stereocenters. The van der Waals surface area contributed by atoms with Crippen LogP contribution in [0.2, 0.25) is 0 Å². The van der Waals surface area contributed by atoms with Gasteiger partial charge in [-0.1, -0.05) is 12.7 Å². The SMILES string of the molecule is C=CCOC(=O)c1c(C)nc2c(cnn2CCCOC)c1N.Cl. The van der Waals surface area contributed by atoms with Crippen LogP contribution in [0.4, 0.5) is 5.69 Å². The number of nitrogens with zero attached hydrogens (tertiary/aromatic N) is 3. The van der Waals surface area contributed by atoms with Crippen molar-refractivity contribution in [3.05, 3.63) is 30.1 Å². The number of nitrogens with two attached hydrogens (primary N) is 1. The standard InChI is InChI=1S/C15H20N4O3.ClH/c1-4-7-22-15(20)12-10(2)18-14-11(13(12)16)9-17-19(14)6-5-8-21-3;/h4,9H,1,5-8H2,2-3H3,(H2,16,18);1H. The van der Waals surface area contributed by atoms with Crippen LogP contribution in [0, 0.1) is 6.92 Å². The van der Waals surface area contributed by atoms with Crippen molar-refractivity contribution < 1.29 is 14.3 Å². The summed E-state index contributed by atoms with van der Waals surface area (Å²) in [4.78, 5) is 16.5. The molecular formula is C15H21ClN4O3. The lowest BCUT2D eigenvalue weighted by Crippen LogP contribution is -2.13. The second kappa shape index (κ2) is 8.50. The molecule has 0 bridgehead atoms. The van der Waals surface area contributed by atoms with Crippen LogP contribution < -0.4 is 5.73 Å². The minimum atomic E-state index is -0.503. The van der Waals surface area contributed by atoms with Crippen molar-refractivity contribution in [2.45, 2.75) is 19.9 Å². The molecule has 0 amide bonds. The number of fused-ring (bicyclic) bond motifs is 1. The number of carbonyl (C=O) groups excluding carboxylic acids is 1. The van der Waals surface area contributed by atoms with Crippen molar-refractivity contribution in [3.8, 4) is 0 Å². The van der Waals surface area contributed by atoms with Crippen molar-refractivity contribution in [2.24, 2.45) is 0 Å². The molecule has 2 rings (SSSR count). The van der Waals surface area contributed by atoms with Gasteiger partial charge in [-0.3, -0.25) is 0 Å². The summed E-state index contributed by atoms with van der Waals surface area (Å²) in [5.74, 6) is -0.503. The highest BCUT2D eigenvalue weighted by atomic mass is 35.5. The van der Waals surface area contributed by atoms with E-state index in [2.05, 4.69) is 16.7 Å². The maximum Gasteiger partial charge on any atom is 0.342 e. The van der Waals surface area contributed by atoms with E-state index in [4.69, 9.17) is 15.2 Å². The summed E-state index contributed by atoms with van der Waals surface area (Å²) in [6, 6.07) is 0. The normalized spacial score (nSPS) is 10.3. The third-order valence-corrected chi connectivity index (χ3v) is 3.26. The molecule has 0 aliphatic carbocycles. The van der Waals surface area contributed by atoms with Gasteiger partial charge in [0.2, 0.25) is 0 Å². The first kappa shape index (κ1) is 18.9. The van der Waals surface area contributed by atoms with Gasteiger partial charge in [0.05, 0.1) is 23.0 Å². The van der Waals surface area contributed by atoms with Crippen LogP contribution in [0.1, 0.15) is 22.5 Å². The molecule has 2 heterocycles. The Kier molecular flexibility index (Phi) is 6.99. The topological polar surface area (TPSA) is 92.3 Å². The molecule has 0 spiro atoms. The third-order valence-electron chi connectivity index (χ3n) is 3.26. The minimum absolute atomic E-state index is 0. The van der Waals surface area contributed by atoms with Crippen LogP contribution in [0.15, 0.2) is 18.9 Å². The van der Waals surface area contributed by atoms with Gasteiger partial charge in [-0.15, -0.1) is 12.4 Å². The Morgan fingerprint density at radius 3 is 2.91 bits per heavy atom. The molecule has 0 aliphatic rings. The van der Waals surface area contributed by atoms with E-state index in [1.165, 1.54) is 6.08 Å². The molecule has 0 saturated carbocycles. The molecule has 0 unspecified atom stereocenters. The minimum Gasteiger partial charge on any atom is -0.458 e. The molecule has 8 heteroatoms. The summed E-state index contributed by atoms with van der Waals surface area (Å²) in [6.07, 6.45) is 3.94. The fourth-order valence-electron chi connectivity index (χ4n) is 2.22. The molecule has 0 radical (unpaired) electrons. The highest BCUT2D eigenvalue weighted by Crippen LogP contribution is 2.26. The Morgan fingerprint density at radius 2 is 2.26 bits per heavy atom. The summed E-state index contributed by atoms with van der Waals surface area (Å²) in [7, 11) is 1.66. The summed E-state index contributed by atoms with van der Waals surface area (Å²) in [5, 5.41) is 4.93.